The molecule has 8 heteroatoms. The van der Waals surface area contributed by atoms with Gasteiger partial charge in [-0.1, -0.05) is 11.6 Å². The van der Waals surface area contributed by atoms with E-state index >= 15 is 0 Å². The van der Waals surface area contributed by atoms with Crippen LogP contribution in [-0.4, -0.2) is 28.1 Å². The second-order valence-electron chi connectivity index (χ2n) is 4.66. The van der Waals surface area contributed by atoms with Gasteiger partial charge in [0.15, 0.2) is 0 Å². The fourth-order valence-corrected chi connectivity index (χ4v) is 4.29. The van der Waals surface area contributed by atoms with Crippen LogP contribution < -0.4 is 10.0 Å². The van der Waals surface area contributed by atoms with Gasteiger partial charge in [0.1, 0.15) is 16.5 Å². The molecular weight excluding hydrogens is 366 g/mol. The van der Waals surface area contributed by atoms with E-state index in [0.29, 0.717) is 12.5 Å². The van der Waals surface area contributed by atoms with E-state index in [1.165, 1.54) is 0 Å². The molecule has 0 unspecified atom stereocenters. The first kappa shape index (κ1) is 16.5. The van der Waals surface area contributed by atoms with Gasteiger partial charge in [-0.2, -0.15) is 0 Å². The Labute approximate surface area is 130 Å². The number of halogens is 3. The molecule has 0 saturated heterocycles. The number of benzene rings is 1. The molecule has 0 bridgehead atoms. The van der Waals surface area contributed by atoms with E-state index in [-0.39, 0.29) is 11.0 Å². The smallest absolute Gasteiger partial charge is 0.244 e. The second-order valence-corrected chi connectivity index (χ2v) is 7.22. The van der Waals surface area contributed by atoms with Crippen molar-refractivity contribution in [3.63, 3.8) is 0 Å². The van der Waals surface area contributed by atoms with Gasteiger partial charge < -0.3 is 5.32 Å². The van der Waals surface area contributed by atoms with Crippen molar-refractivity contribution in [3.8, 4) is 0 Å². The van der Waals surface area contributed by atoms with Crippen LogP contribution in [0.2, 0.25) is 0 Å². The van der Waals surface area contributed by atoms with Gasteiger partial charge in [0, 0.05) is 23.6 Å². The van der Waals surface area contributed by atoms with E-state index in [1.807, 2.05) is 6.08 Å². The Hall–Kier alpha value is -0.830. The summed E-state index contributed by atoms with van der Waals surface area (Å²) in [5.41, 5.74) is 1.16. The third-order valence-electron chi connectivity index (χ3n) is 3.13. The minimum Gasteiger partial charge on any atom is -0.313 e. The molecule has 2 N–H and O–H groups in total. The van der Waals surface area contributed by atoms with Crippen molar-refractivity contribution in [1.29, 1.82) is 0 Å². The average Bonchev–Trinajstić information content (AvgIpc) is 2.38. The summed E-state index contributed by atoms with van der Waals surface area (Å²) in [4.78, 5) is -0.566. The molecule has 0 aromatic heterocycles. The van der Waals surface area contributed by atoms with Gasteiger partial charge >= 0.3 is 0 Å². The molecule has 0 amide bonds. The van der Waals surface area contributed by atoms with Gasteiger partial charge in [-0.15, -0.1) is 0 Å². The number of rotatable bonds is 5. The monoisotopic (exact) mass is 380 g/mol. The first-order chi connectivity index (χ1) is 9.90. The molecule has 1 heterocycles. The number of hydrogen-bond acceptors (Lipinski definition) is 3. The summed E-state index contributed by atoms with van der Waals surface area (Å²) in [5, 5.41) is 3.16. The summed E-state index contributed by atoms with van der Waals surface area (Å²) >= 11 is 2.88. The zero-order chi connectivity index (χ0) is 15.5. The Morgan fingerprint density at radius 3 is 2.71 bits per heavy atom. The molecule has 2 rings (SSSR count). The molecule has 1 aromatic rings. The van der Waals surface area contributed by atoms with Gasteiger partial charge in [0.05, 0.1) is 0 Å². The van der Waals surface area contributed by atoms with Crippen molar-refractivity contribution >= 4 is 26.0 Å². The highest BCUT2D eigenvalue weighted by Gasteiger charge is 2.23. The molecule has 0 saturated carbocycles. The number of nitrogens with one attached hydrogen (secondary N) is 2. The maximum Gasteiger partial charge on any atom is 0.244 e. The topological polar surface area (TPSA) is 58.2 Å². The van der Waals surface area contributed by atoms with Crippen molar-refractivity contribution in [3.05, 3.63) is 39.9 Å². The standard InChI is InChI=1S/C13H15BrF2N2O2S/c14-11-7-10(15)8-12(16)13(11)21(19,20)18-6-3-9-1-4-17-5-2-9/h1,7-8,17-18H,2-6H2. The maximum absolute atomic E-state index is 13.7. The van der Waals surface area contributed by atoms with Crippen LogP contribution >= 0.6 is 15.9 Å². The van der Waals surface area contributed by atoms with Crippen LogP contribution in [0.25, 0.3) is 0 Å². The third-order valence-corrected chi connectivity index (χ3v) is 5.55. The molecule has 21 heavy (non-hydrogen) atoms. The van der Waals surface area contributed by atoms with Crippen LogP contribution in [0, 0.1) is 11.6 Å². The van der Waals surface area contributed by atoms with Crippen molar-refractivity contribution < 1.29 is 17.2 Å². The van der Waals surface area contributed by atoms with Crippen LogP contribution in [0.1, 0.15) is 12.8 Å². The summed E-state index contributed by atoms with van der Waals surface area (Å²) in [6.45, 7) is 1.83. The van der Waals surface area contributed by atoms with Crippen molar-refractivity contribution in [2.45, 2.75) is 17.7 Å². The quantitative estimate of drug-likeness (QED) is 0.770. The maximum atomic E-state index is 13.7. The average molecular weight is 381 g/mol. The predicted octanol–water partition coefficient (Wildman–Crippen LogP) is 2.32. The molecule has 1 aromatic carbocycles. The lowest BCUT2D eigenvalue weighted by atomic mass is 10.1. The summed E-state index contributed by atoms with van der Waals surface area (Å²) in [6, 6.07) is 1.47. The first-order valence-electron chi connectivity index (χ1n) is 6.43. The molecule has 0 fully saturated rings. The van der Waals surface area contributed by atoms with Gasteiger partial charge in [0.25, 0.3) is 0 Å². The SMILES string of the molecule is O=S(=O)(NCCC1=CCNCC1)c1c(F)cc(F)cc1Br. The second kappa shape index (κ2) is 6.95. The Morgan fingerprint density at radius 2 is 2.10 bits per heavy atom. The van der Waals surface area contributed by atoms with Crippen LogP contribution in [-0.2, 0) is 10.0 Å². The molecule has 0 radical (unpaired) electrons. The van der Waals surface area contributed by atoms with Crippen LogP contribution in [0.3, 0.4) is 0 Å². The Balaban J connectivity index is 2.07. The number of hydrogen-bond donors (Lipinski definition) is 2. The Morgan fingerprint density at radius 1 is 1.33 bits per heavy atom. The molecule has 0 spiro atoms. The highest BCUT2D eigenvalue weighted by Crippen LogP contribution is 2.26. The predicted molar refractivity (Wildman–Crippen MR) is 79.4 cm³/mol. The lowest BCUT2D eigenvalue weighted by Gasteiger charge is -2.14. The normalized spacial score (nSPS) is 15.9. The largest absolute Gasteiger partial charge is 0.313 e. The molecule has 0 aliphatic carbocycles. The molecule has 116 valence electrons. The number of sulfonamides is 1. The highest BCUT2D eigenvalue weighted by atomic mass is 79.9. The van der Waals surface area contributed by atoms with Gasteiger partial charge in [0.2, 0.25) is 10.0 Å². The molecule has 0 atom stereocenters. The van der Waals surface area contributed by atoms with Crippen LogP contribution in [0.15, 0.2) is 33.2 Å². The zero-order valence-corrected chi connectivity index (χ0v) is 13.5. The zero-order valence-electron chi connectivity index (χ0n) is 11.1. The van der Waals surface area contributed by atoms with Crippen molar-refractivity contribution in [1.82, 2.24) is 10.0 Å². The lowest BCUT2D eigenvalue weighted by molar-refractivity contribution is 0.540. The van der Waals surface area contributed by atoms with Crippen LogP contribution in [0.5, 0.6) is 0 Å². The van der Waals surface area contributed by atoms with E-state index in [9.17, 15) is 17.2 Å². The van der Waals surface area contributed by atoms with Gasteiger partial charge in [-0.25, -0.2) is 21.9 Å². The fraction of sp³-hybridized carbons (Fsp3) is 0.385. The first-order valence-corrected chi connectivity index (χ1v) is 8.70. The van der Waals surface area contributed by atoms with E-state index in [2.05, 4.69) is 26.0 Å². The summed E-state index contributed by atoms with van der Waals surface area (Å²) < 4.78 is 53.1. The van der Waals surface area contributed by atoms with E-state index < -0.39 is 26.6 Å². The van der Waals surface area contributed by atoms with Crippen LogP contribution in [0.4, 0.5) is 8.78 Å². The molecule has 1 aliphatic rings. The Kier molecular flexibility index (Phi) is 5.48. The third kappa shape index (κ3) is 4.32. The van der Waals surface area contributed by atoms with E-state index in [0.717, 1.165) is 31.1 Å². The van der Waals surface area contributed by atoms with Gasteiger partial charge in [-0.05, 0) is 41.4 Å². The summed E-state index contributed by atoms with van der Waals surface area (Å²) in [7, 11) is -4.02. The minimum absolute atomic E-state index is 0.131. The van der Waals surface area contributed by atoms with Gasteiger partial charge in [-0.3, -0.25) is 0 Å². The lowest BCUT2D eigenvalue weighted by Crippen LogP contribution is -2.27. The summed E-state index contributed by atoms with van der Waals surface area (Å²) in [6.07, 6.45) is 3.46. The molecular formula is C13H15BrF2N2O2S. The Bertz CT molecular complexity index is 639. The summed E-state index contributed by atoms with van der Waals surface area (Å²) in [5.74, 6) is -1.95. The van der Waals surface area contributed by atoms with Crippen molar-refractivity contribution in [2.75, 3.05) is 19.6 Å². The van der Waals surface area contributed by atoms with Crippen molar-refractivity contribution in [2.24, 2.45) is 0 Å². The highest BCUT2D eigenvalue weighted by molar-refractivity contribution is 9.10. The molecule has 1 aliphatic heterocycles. The fourth-order valence-electron chi connectivity index (χ4n) is 2.10. The van der Waals surface area contributed by atoms with E-state index in [1.54, 1.807) is 0 Å². The molecule has 4 nitrogen and oxygen atoms in total. The van der Waals surface area contributed by atoms with E-state index in [4.69, 9.17) is 0 Å². The minimum atomic E-state index is -4.02.